The number of carbonyl (C=O) groups is 2. The molecule has 0 heterocycles. The molecule has 0 unspecified atom stereocenters. The van der Waals surface area contributed by atoms with Crippen molar-refractivity contribution in [2.24, 2.45) is 0 Å². The fourth-order valence-electron chi connectivity index (χ4n) is 1.41. The van der Waals surface area contributed by atoms with Crippen LogP contribution in [0.2, 0.25) is 0 Å². The summed E-state index contributed by atoms with van der Waals surface area (Å²) in [5.41, 5.74) is 2.81. The molecule has 1 rings (SSSR count). The van der Waals surface area contributed by atoms with E-state index >= 15 is 0 Å². The number of rotatable bonds is 6. The number of ether oxygens (including phenoxy) is 1. The Morgan fingerprint density at radius 2 is 2.22 bits per heavy atom. The van der Waals surface area contributed by atoms with Crippen LogP contribution in [0.5, 0.6) is 0 Å². The summed E-state index contributed by atoms with van der Waals surface area (Å²) < 4.78 is 5.17. The van der Waals surface area contributed by atoms with Gasteiger partial charge in [0.1, 0.15) is 0 Å². The molecule has 1 aliphatic carbocycles. The highest BCUT2D eigenvalue weighted by atomic mass is 32.2. The normalized spacial score (nSPS) is 15.5. The van der Waals surface area contributed by atoms with Crippen LogP contribution in [0.1, 0.15) is 13.8 Å². The van der Waals surface area contributed by atoms with E-state index in [2.05, 4.69) is 10.4 Å². The van der Waals surface area contributed by atoms with Crippen LogP contribution in [0.3, 0.4) is 0 Å². The first-order valence-electron chi connectivity index (χ1n) is 5.49. The van der Waals surface area contributed by atoms with Crippen LogP contribution in [-0.4, -0.2) is 30.5 Å². The van der Waals surface area contributed by atoms with E-state index in [0.29, 0.717) is 29.4 Å². The molecule has 0 aromatic heterocycles. The van der Waals surface area contributed by atoms with Crippen molar-refractivity contribution < 1.29 is 14.3 Å². The molecule has 0 spiro atoms. The molecule has 0 aliphatic heterocycles. The molecule has 0 radical (unpaired) electrons. The van der Waals surface area contributed by atoms with E-state index in [-0.39, 0.29) is 17.3 Å². The highest BCUT2D eigenvalue weighted by molar-refractivity contribution is 8.04. The van der Waals surface area contributed by atoms with Gasteiger partial charge in [-0.3, -0.25) is 9.59 Å². The molecule has 0 aromatic carbocycles. The number of thioether (sulfide) groups is 1. The second kappa shape index (κ2) is 6.99. The van der Waals surface area contributed by atoms with Gasteiger partial charge in [0.25, 0.3) is 0 Å². The van der Waals surface area contributed by atoms with Gasteiger partial charge >= 0.3 is 6.57 Å². The summed E-state index contributed by atoms with van der Waals surface area (Å²) in [5.74, 6) is 0.165. The number of nitrogens with one attached hydrogen (secondary N) is 1. The van der Waals surface area contributed by atoms with Crippen LogP contribution < -0.4 is 5.43 Å². The Morgan fingerprint density at radius 1 is 1.50 bits per heavy atom. The zero-order chi connectivity index (χ0) is 13.5. The first-order chi connectivity index (χ1) is 8.61. The number of hydrogen-bond donors (Lipinski definition) is 1. The summed E-state index contributed by atoms with van der Waals surface area (Å²) in [6.07, 6.45) is 1.31. The van der Waals surface area contributed by atoms with Gasteiger partial charge < -0.3 is 4.74 Å². The monoisotopic (exact) mass is 267 g/mol. The molecule has 0 atom stereocenters. The topological polar surface area (TPSA) is 59.8 Å². The van der Waals surface area contributed by atoms with Crippen molar-refractivity contribution in [2.45, 2.75) is 13.8 Å². The van der Waals surface area contributed by atoms with Crippen molar-refractivity contribution in [2.75, 3.05) is 19.0 Å². The first-order valence-corrected chi connectivity index (χ1v) is 6.48. The molecular weight excluding hydrogens is 252 g/mol. The van der Waals surface area contributed by atoms with Crippen molar-refractivity contribution in [1.29, 1.82) is 0 Å². The molecule has 1 aliphatic rings. The average Bonchev–Trinajstić information content (AvgIpc) is 2.36. The maximum absolute atomic E-state index is 12.0. The van der Waals surface area contributed by atoms with Gasteiger partial charge in [-0.2, -0.15) is 0 Å². The summed E-state index contributed by atoms with van der Waals surface area (Å²) >= 11 is 1.31. The van der Waals surface area contributed by atoms with E-state index in [4.69, 9.17) is 11.3 Å². The predicted octanol–water partition coefficient (Wildman–Crippen LogP) is 1.53. The molecule has 0 fully saturated rings. The highest BCUT2D eigenvalue weighted by Crippen LogP contribution is 2.26. The zero-order valence-electron chi connectivity index (χ0n) is 10.4. The molecule has 0 saturated carbocycles. The minimum atomic E-state index is -0.291. The number of carbonyl (C=O) groups excluding carboxylic acids is 2. The quantitative estimate of drug-likeness (QED) is 0.449. The largest absolute Gasteiger partial charge is 0.381 e. The Morgan fingerprint density at radius 3 is 2.83 bits per heavy atom. The number of nitrogens with zero attached hydrogens (tertiary/aromatic N) is 1. The molecule has 5 nitrogen and oxygen atoms in total. The average molecular weight is 267 g/mol. The van der Waals surface area contributed by atoms with Crippen LogP contribution in [-0.2, 0) is 14.3 Å². The van der Waals surface area contributed by atoms with Crippen LogP contribution in [0.25, 0.3) is 4.95 Å². The molecule has 18 heavy (non-hydrogen) atoms. The van der Waals surface area contributed by atoms with Gasteiger partial charge in [0, 0.05) is 24.0 Å². The van der Waals surface area contributed by atoms with E-state index in [1.807, 2.05) is 6.92 Å². The van der Waals surface area contributed by atoms with Gasteiger partial charge in [0.15, 0.2) is 11.5 Å². The second-order valence-corrected chi connectivity index (χ2v) is 4.63. The summed E-state index contributed by atoms with van der Waals surface area (Å²) in [6, 6.07) is 0. The lowest BCUT2D eigenvalue weighted by Gasteiger charge is -2.12. The Kier molecular flexibility index (Phi) is 5.62. The third kappa shape index (κ3) is 3.45. The Bertz CT molecular complexity index is 460. The molecule has 0 amide bonds. The highest BCUT2D eigenvalue weighted by Gasteiger charge is 2.27. The fourth-order valence-corrected chi connectivity index (χ4v) is 2.30. The molecule has 0 bridgehead atoms. The number of Topliss-reactive ketones (excluding diaryl/α,β-unsaturated/α-hetero) is 1. The number of hydrogen-bond acceptors (Lipinski definition) is 5. The summed E-state index contributed by atoms with van der Waals surface area (Å²) in [5, 5.41) is 0. The molecule has 0 saturated heterocycles. The lowest BCUT2D eigenvalue weighted by Crippen LogP contribution is -2.23. The summed E-state index contributed by atoms with van der Waals surface area (Å²) in [7, 11) is 0. The SMILES string of the molecule is C#[N+]NC1=C(C)C(=O)C(SCCOCC)=CC1=O. The molecular formula is C12H15N2O3S+. The van der Waals surface area contributed by atoms with Gasteiger partial charge in [-0.05, 0) is 19.3 Å². The third-order valence-electron chi connectivity index (χ3n) is 2.31. The van der Waals surface area contributed by atoms with Gasteiger partial charge in [-0.15, -0.1) is 11.8 Å². The standard InChI is InChI=1S/C12H14N2O3S/c1-4-17-5-6-18-10-7-9(15)11(14-13-3)8(2)12(10)16/h3,7H,4-6H2,1-2H3/p+1. The van der Waals surface area contributed by atoms with Crippen molar-refractivity contribution in [3.63, 3.8) is 0 Å². The zero-order valence-corrected chi connectivity index (χ0v) is 11.2. The van der Waals surface area contributed by atoms with E-state index in [1.165, 1.54) is 17.8 Å². The Balaban J connectivity index is 2.70. The summed E-state index contributed by atoms with van der Waals surface area (Å²) in [4.78, 5) is 27.3. The Labute approximate surface area is 110 Å². The number of ketones is 2. The van der Waals surface area contributed by atoms with Gasteiger partial charge in [-0.1, -0.05) is 0 Å². The lowest BCUT2D eigenvalue weighted by atomic mass is 10.0. The first kappa shape index (κ1) is 14.5. The molecule has 96 valence electrons. The van der Waals surface area contributed by atoms with Crippen molar-refractivity contribution in [3.8, 4) is 6.57 Å². The lowest BCUT2D eigenvalue weighted by molar-refractivity contribution is -0.115. The van der Waals surface area contributed by atoms with Gasteiger partial charge in [-0.25, -0.2) is 0 Å². The van der Waals surface area contributed by atoms with Crippen LogP contribution in [0.15, 0.2) is 22.3 Å². The van der Waals surface area contributed by atoms with Crippen molar-refractivity contribution in [3.05, 3.63) is 27.2 Å². The van der Waals surface area contributed by atoms with Crippen LogP contribution in [0, 0.1) is 6.57 Å². The summed E-state index contributed by atoms with van der Waals surface area (Å²) in [6.45, 7) is 9.61. The van der Waals surface area contributed by atoms with Gasteiger partial charge in [0.2, 0.25) is 5.78 Å². The Hall–Kier alpha value is -1.58. The van der Waals surface area contributed by atoms with Crippen molar-refractivity contribution >= 4 is 23.3 Å². The molecule has 1 N–H and O–H groups in total. The maximum Gasteiger partial charge on any atom is 0.305 e. The van der Waals surface area contributed by atoms with Gasteiger partial charge in [0.05, 0.1) is 16.5 Å². The molecule has 6 heteroatoms. The van der Waals surface area contributed by atoms with E-state index in [1.54, 1.807) is 6.92 Å². The fraction of sp³-hybridized carbons (Fsp3) is 0.417. The van der Waals surface area contributed by atoms with E-state index in [9.17, 15) is 9.59 Å². The third-order valence-corrected chi connectivity index (χ3v) is 3.30. The molecule has 0 aromatic rings. The van der Waals surface area contributed by atoms with Crippen LogP contribution >= 0.6 is 11.8 Å². The maximum atomic E-state index is 12.0. The van der Waals surface area contributed by atoms with E-state index < -0.39 is 0 Å². The minimum Gasteiger partial charge on any atom is -0.381 e. The smallest absolute Gasteiger partial charge is 0.305 e. The van der Waals surface area contributed by atoms with Crippen LogP contribution in [0.4, 0.5) is 0 Å². The van der Waals surface area contributed by atoms with Crippen molar-refractivity contribution in [1.82, 2.24) is 5.43 Å². The minimum absolute atomic E-state index is 0.136. The number of allylic oxidation sites excluding steroid dienone is 3. The second-order valence-electron chi connectivity index (χ2n) is 3.49. The predicted molar refractivity (Wildman–Crippen MR) is 71.2 cm³/mol. The van der Waals surface area contributed by atoms with E-state index in [0.717, 1.165) is 0 Å².